The topological polar surface area (TPSA) is 56.1 Å². The van der Waals surface area contributed by atoms with Crippen LogP contribution in [-0.2, 0) is 11.3 Å². The van der Waals surface area contributed by atoms with Crippen LogP contribution in [0.1, 0.15) is 55.9 Å². The van der Waals surface area contributed by atoms with Crippen molar-refractivity contribution in [3.05, 3.63) is 18.2 Å². The molecule has 0 saturated heterocycles. The van der Waals surface area contributed by atoms with Crippen molar-refractivity contribution in [3.8, 4) is 0 Å². The van der Waals surface area contributed by atoms with Crippen molar-refractivity contribution in [2.45, 2.75) is 58.0 Å². The maximum Gasteiger partial charge on any atom is 0.358 e. The number of carbonyl (C=O) groups excluding carboxylic acids is 1. The number of aromatic nitrogens is 2. The molecule has 1 aliphatic carbocycles. The van der Waals surface area contributed by atoms with Crippen LogP contribution in [0.25, 0.3) is 0 Å². The van der Waals surface area contributed by atoms with Gasteiger partial charge in [0.1, 0.15) is 0 Å². The highest BCUT2D eigenvalue weighted by Gasteiger charge is 2.12. The molecule has 1 saturated carbocycles. The molecule has 0 spiro atoms. The normalized spacial score (nSPS) is 16.2. The van der Waals surface area contributed by atoms with Crippen molar-refractivity contribution in [2.75, 3.05) is 13.2 Å². The van der Waals surface area contributed by atoms with Crippen LogP contribution in [0.5, 0.6) is 0 Å². The third kappa shape index (κ3) is 4.63. The van der Waals surface area contributed by atoms with Gasteiger partial charge in [-0.2, -0.15) is 0 Å². The molecule has 0 radical (unpaired) electrons. The Labute approximate surface area is 120 Å². The van der Waals surface area contributed by atoms with Crippen LogP contribution in [0.15, 0.2) is 12.5 Å². The van der Waals surface area contributed by atoms with Crippen molar-refractivity contribution >= 4 is 5.97 Å². The molecule has 0 aliphatic heterocycles. The van der Waals surface area contributed by atoms with E-state index in [0.717, 1.165) is 19.5 Å². The van der Waals surface area contributed by atoms with Crippen LogP contribution in [0.3, 0.4) is 0 Å². The predicted octanol–water partition coefficient (Wildman–Crippen LogP) is 2.37. The molecule has 1 aromatic heterocycles. The second-order valence-corrected chi connectivity index (χ2v) is 5.36. The maximum atomic E-state index is 11.5. The highest BCUT2D eigenvalue weighted by molar-refractivity contribution is 5.86. The van der Waals surface area contributed by atoms with Crippen molar-refractivity contribution < 1.29 is 9.53 Å². The zero-order valence-electron chi connectivity index (χ0n) is 12.3. The second-order valence-electron chi connectivity index (χ2n) is 5.36. The summed E-state index contributed by atoms with van der Waals surface area (Å²) in [6.07, 6.45) is 11.3. The molecule has 0 bridgehead atoms. The first-order valence-corrected chi connectivity index (χ1v) is 7.72. The summed E-state index contributed by atoms with van der Waals surface area (Å²) < 4.78 is 6.87. The van der Waals surface area contributed by atoms with Gasteiger partial charge in [-0.1, -0.05) is 19.3 Å². The molecule has 5 heteroatoms. The van der Waals surface area contributed by atoms with E-state index in [2.05, 4.69) is 10.3 Å². The minimum atomic E-state index is -0.341. The van der Waals surface area contributed by atoms with Crippen molar-refractivity contribution in [2.24, 2.45) is 0 Å². The maximum absolute atomic E-state index is 11.5. The van der Waals surface area contributed by atoms with Gasteiger partial charge in [0.2, 0.25) is 0 Å². The van der Waals surface area contributed by atoms with Gasteiger partial charge in [-0.3, -0.25) is 0 Å². The summed E-state index contributed by atoms with van der Waals surface area (Å²) in [5.41, 5.74) is 0.395. The van der Waals surface area contributed by atoms with Crippen LogP contribution in [-0.4, -0.2) is 34.7 Å². The lowest BCUT2D eigenvalue weighted by Crippen LogP contribution is -2.32. The molecule has 0 amide bonds. The van der Waals surface area contributed by atoms with Crippen molar-refractivity contribution in [1.82, 2.24) is 14.9 Å². The quantitative estimate of drug-likeness (QED) is 0.615. The zero-order valence-corrected chi connectivity index (χ0v) is 12.3. The van der Waals surface area contributed by atoms with E-state index in [4.69, 9.17) is 4.74 Å². The van der Waals surface area contributed by atoms with E-state index < -0.39 is 0 Å². The molecule has 1 heterocycles. The fourth-order valence-electron chi connectivity index (χ4n) is 2.67. The van der Waals surface area contributed by atoms with Crippen LogP contribution < -0.4 is 5.32 Å². The Hall–Kier alpha value is -1.36. The number of nitrogens with one attached hydrogen (secondary N) is 1. The highest BCUT2D eigenvalue weighted by atomic mass is 16.5. The van der Waals surface area contributed by atoms with Crippen LogP contribution in [0.4, 0.5) is 0 Å². The summed E-state index contributed by atoms with van der Waals surface area (Å²) in [4.78, 5) is 15.6. The third-order valence-electron chi connectivity index (χ3n) is 3.75. The van der Waals surface area contributed by atoms with Gasteiger partial charge in [0.05, 0.1) is 12.9 Å². The number of nitrogens with zero attached hydrogens (tertiary/aromatic N) is 2. The minimum Gasteiger partial charge on any atom is -0.461 e. The summed E-state index contributed by atoms with van der Waals surface area (Å²) in [5.74, 6) is -0.341. The summed E-state index contributed by atoms with van der Waals surface area (Å²) in [6.45, 7) is 4.09. The Morgan fingerprint density at radius 2 is 2.25 bits per heavy atom. The van der Waals surface area contributed by atoms with Crippen molar-refractivity contribution in [3.63, 3.8) is 0 Å². The molecule has 2 rings (SSSR count). The number of ether oxygens (including phenoxy) is 1. The fourth-order valence-corrected chi connectivity index (χ4v) is 2.67. The zero-order chi connectivity index (χ0) is 14.2. The molecule has 20 heavy (non-hydrogen) atoms. The molecule has 112 valence electrons. The number of hydrogen-bond donors (Lipinski definition) is 1. The monoisotopic (exact) mass is 279 g/mol. The van der Waals surface area contributed by atoms with E-state index in [0.29, 0.717) is 18.3 Å². The predicted molar refractivity (Wildman–Crippen MR) is 77.7 cm³/mol. The summed E-state index contributed by atoms with van der Waals surface area (Å²) in [6, 6.07) is 0.710. The van der Waals surface area contributed by atoms with Gasteiger partial charge < -0.3 is 14.6 Å². The average molecular weight is 279 g/mol. The number of imidazole rings is 1. The van der Waals surface area contributed by atoms with Crippen LogP contribution in [0.2, 0.25) is 0 Å². The molecule has 1 aromatic rings. The lowest BCUT2D eigenvalue weighted by atomic mass is 9.95. The van der Waals surface area contributed by atoms with Crippen LogP contribution in [0, 0.1) is 0 Å². The molecule has 1 aliphatic rings. The first-order valence-electron chi connectivity index (χ1n) is 7.72. The molecular formula is C15H25N3O2. The van der Waals surface area contributed by atoms with E-state index in [9.17, 15) is 4.79 Å². The largest absolute Gasteiger partial charge is 0.461 e. The van der Waals surface area contributed by atoms with Gasteiger partial charge >= 0.3 is 5.97 Å². The summed E-state index contributed by atoms with van der Waals surface area (Å²) in [5, 5.41) is 3.62. The van der Waals surface area contributed by atoms with E-state index in [1.807, 2.05) is 4.57 Å². The molecule has 0 unspecified atom stereocenters. The standard InChI is InChI=1S/C15H25N3O2/c1-2-20-15(19)14-11-18(12-17-14)10-6-9-16-13-7-4-3-5-8-13/h11-13,16H,2-10H2,1H3. The minimum absolute atomic E-state index is 0.341. The molecule has 5 nitrogen and oxygen atoms in total. The van der Waals surface area contributed by atoms with Crippen LogP contribution >= 0.6 is 0 Å². The van der Waals surface area contributed by atoms with Gasteiger partial charge in [-0.05, 0) is 32.7 Å². The highest BCUT2D eigenvalue weighted by Crippen LogP contribution is 2.17. The molecule has 1 fully saturated rings. The Morgan fingerprint density at radius 3 is 3.00 bits per heavy atom. The first-order chi connectivity index (χ1) is 9.79. The molecule has 0 atom stereocenters. The van der Waals surface area contributed by atoms with Gasteiger partial charge in [-0.25, -0.2) is 9.78 Å². The molecule has 1 N–H and O–H groups in total. The summed E-state index contributed by atoms with van der Waals surface area (Å²) in [7, 11) is 0. The van der Waals surface area contributed by atoms with Crippen molar-refractivity contribution in [1.29, 1.82) is 0 Å². The van der Waals surface area contributed by atoms with E-state index in [-0.39, 0.29) is 5.97 Å². The van der Waals surface area contributed by atoms with Gasteiger partial charge in [-0.15, -0.1) is 0 Å². The summed E-state index contributed by atoms with van der Waals surface area (Å²) >= 11 is 0. The van der Waals surface area contributed by atoms with E-state index >= 15 is 0 Å². The Morgan fingerprint density at radius 1 is 1.45 bits per heavy atom. The Balaban J connectivity index is 1.65. The smallest absolute Gasteiger partial charge is 0.358 e. The molecule has 0 aromatic carbocycles. The molecular weight excluding hydrogens is 254 g/mol. The van der Waals surface area contributed by atoms with Gasteiger partial charge in [0.15, 0.2) is 5.69 Å². The van der Waals surface area contributed by atoms with E-state index in [1.54, 1.807) is 19.4 Å². The van der Waals surface area contributed by atoms with Gasteiger partial charge in [0.25, 0.3) is 0 Å². The Kier molecular flexibility index (Phi) is 6.05. The number of rotatable bonds is 7. The SMILES string of the molecule is CCOC(=O)c1cn(CCCNC2CCCCC2)cn1. The van der Waals surface area contributed by atoms with E-state index in [1.165, 1.54) is 32.1 Å². The Bertz CT molecular complexity index is 411. The lowest BCUT2D eigenvalue weighted by molar-refractivity contribution is 0.0520. The number of hydrogen-bond acceptors (Lipinski definition) is 4. The fraction of sp³-hybridized carbons (Fsp3) is 0.733. The average Bonchev–Trinajstić information content (AvgIpc) is 2.94. The second kappa shape index (κ2) is 8.04. The van der Waals surface area contributed by atoms with Gasteiger partial charge in [0, 0.05) is 18.8 Å². The first kappa shape index (κ1) is 15.0. The third-order valence-corrected chi connectivity index (χ3v) is 3.75. The number of esters is 1. The number of carbonyl (C=O) groups is 1. The number of aryl methyl sites for hydroxylation is 1. The lowest BCUT2D eigenvalue weighted by Gasteiger charge is -2.22.